The van der Waals surface area contributed by atoms with Gasteiger partial charge in [-0.1, -0.05) is 6.07 Å². The van der Waals surface area contributed by atoms with Crippen LogP contribution < -0.4 is 0 Å². The van der Waals surface area contributed by atoms with Gasteiger partial charge in [-0.3, -0.25) is 0 Å². The van der Waals surface area contributed by atoms with E-state index >= 15 is 0 Å². The second-order valence-corrected chi connectivity index (χ2v) is 3.75. The zero-order valence-corrected chi connectivity index (χ0v) is 8.54. The van der Waals surface area contributed by atoms with Crippen LogP contribution >= 0.6 is 0 Å². The monoisotopic (exact) mass is 188 g/mol. The second kappa shape index (κ2) is 3.80. The first-order valence-electron chi connectivity index (χ1n) is 4.75. The van der Waals surface area contributed by atoms with Gasteiger partial charge in [0.15, 0.2) is 6.33 Å². The van der Waals surface area contributed by atoms with E-state index in [4.69, 9.17) is 0 Å². The first kappa shape index (κ1) is 9.21. The molecule has 1 radical (unpaired) electrons. The van der Waals surface area contributed by atoms with E-state index in [-0.39, 0.29) is 0 Å². The Bertz CT molecular complexity index is 417. The average Bonchev–Trinajstić information content (AvgIpc) is 2.61. The number of rotatable bonds is 3. The summed E-state index contributed by atoms with van der Waals surface area (Å²) < 4.78 is 0. The van der Waals surface area contributed by atoms with Crippen molar-refractivity contribution in [1.82, 2.24) is 14.9 Å². The minimum atomic E-state index is 1.00. The maximum absolute atomic E-state index is 4.11. The third kappa shape index (κ3) is 1.93. The number of fused-ring (bicyclic) bond motifs is 1. The number of nitrogens with zero attached hydrogens (tertiary/aromatic N) is 2. The summed E-state index contributed by atoms with van der Waals surface area (Å²) in [6.45, 7) is 1.07. The van der Waals surface area contributed by atoms with Crippen LogP contribution in [0.2, 0.25) is 0 Å². The van der Waals surface area contributed by atoms with E-state index in [1.54, 1.807) is 0 Å². The predicted octanol–water partition coefficient (Wildman–Crippen LogP) is 1.47. The number of hydrogen-bond acceptors (Lipinski definition) is 2. The van der Waals surface area contributed by atoms with E-state index in [0.29, 0.717) is 0 Å². The molecule has 0 unspecified atom stereocenters. The molecule has 0 bridgehead atoms. The molecule has 14 heavy (non-hydrogen) atoms. The van der Waals surface area contributed by atoms with Gasteiger partial charge in [-0.15, -0.1) is 0 Å². The Balaban J connectivity index is 2.17. The maximum Gasteiger partial charge on any atom is 0.174 e. The molecule has 3 nitrogen and oxygen atoms in total. The topological polar surface area (TPSA) is 31.9 Å². The van der Waals surface area contributed by atoms with Crippen molar-refractivity contribution in [3.63, 3.8) is 0 Å². The fourth-order valence-corrected chi connectivity index (χ4v) is 1.43. The fraction of sp³-hybridized carbons (Fsp3) is 0.364. The lowest BCUT2D eigenvalue weighted by molar-refractivity contribution is 0.414. The standard InChI is InChI=1S/C11H14N3/c1-14(2)6-5-9-3-4-10-11(7-9)13-8-12-10/h3-4,7H,5-6H2,1-2H3,(H,12,13). The maximum atomic E-state index is 4.11. The highest BCUT2D eigenvalue weighted by molar-refractivity contribution is 5.74. The highest BCUT2D eigenvalue weighted by Gasteiger charge is 1.99. The molecule has 0 aliphatic heterocycles. The van der Waals surface area contributed by atoms with Crippen LogP contribution in [-0.4, -0.2) is 35.5 Å². The zero-order valence-electron chi connectivity index (χ0n) is 8.54. The van der Waals surface area contributed by atoms with Crippen LogP contribution in [0.1, 0.15) is 5.56 Å². The predicted molar refractivity (Wildman–Crippen MR) is 57.2 cm³/mol. The summed E-state index contributed by atoms with van der Waals surface area (Å²) in [6.07, 6.45) is 3.81. The van der Waals surface area contributed by atoms with E-state index in [2.05, 4.69) is 53.5 Å². The summed E-state index contributed by atoms with van der Waals surface area (Å²) in [5.74, 6) is 0. The normalized spacial score (nSPS) is 11.4. The van der Waals surface area contributed by atoms with E-state index in [1.807, 2.05) is 0 Å². The molecule has 0 spiro atoms. The first-order chi connectivity index (χ1) is 6.75. The van der Waals surface area contributed by atoms with Crippen molar-refractivity contribution in [3.05, 3.63) is 30.1 Å². The number of nitrogens with one attached hydrogen (secondary N) is 1. The van der Waals surface area contributed by atoms with Gasteiger partial charge in [-0.2, -0.15) is 0 Å². The molecule has 0 aliphatic carbocycles. The van der Waals surface area contributed by atoms with Crippen LogP contribution in [-0.2, 0) is 6.42 Å². The van der Waals surface area contributed by atoms with E-state index in [0.717, 1.165) is 24.0 Å². The van der Waals surface area contributed by atoms with Gasteiger partial charge in [0.25, 0.3) is 0 Å². The van der Waals surface area contributed by atoms with Crippen LogP contribution in [0, 0.1) is 6.33 Å². The van der Waals surface area contributed by atoms with Gasteiger partial charge in [0.2, 0.25) is 0 Å². The number of imidazole rings is 1. The molecule has 2 aromatic rings. The van der Waals surface area contributed by atoms with Gasteiger partial charge in [0, 0.05) is 6.54 Å². The van der Waals surface area contributed by atoms with Gasteiger partial charge < -0.3 is 9.88 Å². The van der Waals surface area contributed by atoms with Crippen LogP contribution in [0.15, 0.2) is 18.2 Å². The quantitative estimate of drug-likeness (QED) is 0.791. The van der Waals surface area contributed by atoms with E-state index in [1.165, 1.54) is 5.56 Å². The lowest BCUT2D eigenvalue weighted by atomic mass is 10.1. The number of hydrogen-bond donors (Lipinski definition) is 1. The SMILES string of the molecule is CN(C)CCc1ccc2[nH][c]nc2c1. The Hall–Kier alpha value is -1.35. The summed E-state index contributed by atoms with van der Waals surface area (Å²) in [5.41, 5.74) is 3.38. The van der Waals surface area contributed by atoms with Crippen molar-refractivity contribution in [1.29, 1.82) is 0 Å². The highest BCUT2D eigenvalue weighted by Crippen LogP contribution is 2.11. The zero-order chi connectivity index (χ0) is 9.97. The van der Waals surface area contributed by atoms with Crippen LogP contribution in [0.4, 0.5) is 0 Å². The van der Waals surface area contributed by atoms with Gasteiger partial charge in [0.1, 0.15) is 0 Å². The molecule has 0 fully saturated rings. The molecule has 2 rings (SSSR count). The van der Waals surface area contributed by atoms with Crippen molar-refractivity contribution in [2.75, 3.05) is 20.6 Å². The molecule has 0 saturated heterocycles. The molecule has 0 atom stereocenters. The van der Waals surface area contributed by atoms with Gasteiger partial charge >= 0.3 is 0 Å². The molecule has 0 saturated carbocycles. The summed E-state index contributed by atoms with van der Waals surface area (Å²) in [4.78, 5) is 9.26. The van der Waals surface area contributed by atoms with Gasteiger partial charge in [-0.25, -0.2) is 4.98 Å². The average molecular weight is 188 g/mol. The molecule has 1 N–H and O–H groups in total. The number of H-pyrrole nitrogens is 1. The molecular weight excluding hydrogens is 174 g/mol. The molecule has 73 valence electrons. The number of aromatic amines is 1. The lowest BCUT2D eigenvalue weighted by Crippen LogP contribution is -2.14. The molecule has 1 aromatic heterocycles. The van der Waals surface area contributed by atoms with E-state index < -0.39 is 0 Å². The Kier molecular flexibility index (Phi) is 2.50. The highest BCUT2D eigenvalue weighted by atomic mass is 15.0. The Morgan fingerprint density at radius 1 is 1.43 bits per heavy atom. The summed E-state index contributed by atoms with van der Waals surface area (Å²) in [6, 6.07) is 6.31. The third-order valence-electron chi connectivity index (χ3n) is 2.28. The lowest BCUT2D eigenvalue weighted by Gasteiger charge is -2.08. The summed E-state index contributed by atoms with van der Waals surface area (Å²) in [5, 5.41) is 0. The molecule has 3 heteroatoms. The smallest absolute Gasteiger partial charge is 0.174 e. The van der Waals surface area contributed by atoms with Crippen molar-refractivity contribution >= 4 is 11.0 Å². The minimum absolute atomic E-state index is 1.00. The van der Waals surface area contributed by atoms with Crippen molar-refractivity contribution < 1.29 is 0 Å². The van der Waals surface area contributed by atoms with Crippen LogP contribution in [0.25, 0.3) is 11.0 Å². The summed E-state index contributed by atoms with van der Waals surface area (Å²) >= 11 is 0. The number of likely N-dealkylation sites (N-methyl/N-ethyl adjacent to an activating group) is 1. The molecule has 1 aromatic carbocycles. The minimum Gasteiger partial charge on any atom is -0.335 e. The molecule has 1 heterocycles. The largest absolute Gasteiger partial charge is 0.335 e. The van der Waals surface area contributed by atoms with Gasteiger partial charge in [-0.05, 0) is 38.2 Å². The molecular formula is C11H14N3. The Labute approximate surface area is 83.8 Å². The Morgan fingerprint density at radius 2 is 2.29 bits per heavy atom. The fourth-order valence-electron chi connectivity index (χ4n) is 1.43. The Morgan fingerprint density at radius 3 is 3.07 bits per heavy atom. The number of aromatic nitrogens is 2. The van der Waals surface area contributed by atoms with Crippen molar-refractivity contribution in [3.8, 4) is 0 Å². The first-order valence-corrected chi connectivity index (χ1v) is 4.75. The molecule has 0 amide bonds. The second-order valence-electron chi connectivity index (χ2n) is 3.75. The van der Waals surface area contributed by atoms with E-state index in [9.17, 15) is 0 Å². The van der Waals surface area contributed by atoms with Crippen LogP contribution in [0.5, 0.6) is 0 Å². The molecule has 0 aliphatic rings. The van der Waals surface area contributed by atoms with Crippen molar-refractivity contribution in [2.45, 2.75) is 6.42 Å². The number of benzene rings is 1. The van der Waals surface area contributed by atoms with Crippen molar-refractivity contribution in [2.24, 2.45) is 0 Å². The van der Waals surface area contributed by atoms with Crippen LogP contribution in [0.3, 0.4) is 0 Å². The third-order valence-corrected chi connectivity index (χ3v) is 2.28. The van der Waals surface area contributed by atoms with Gasteiger partial charge in [0.05, 0.1) is 11.0 Å². The summed E-state index contributed by atoms with van der Waals surface area (Å²) in [7, 11) is 4.17.